The Balaban J connectivity index is 2.05. The predicted octanol–water partition coefficient (Wildman–Crippen LogP) is 1.55. The van der Waals surface area contributed by atoms with Gasteiger partial charge in [0.05, 0.1) is 22.8 Å². The summed E-state index contributed by atoms with van der Waals surface area (Å²) in [6.45, 7) is 3.62. The van der Waals surface area contributed by atoms with Crippen LogP contribution < -0.4 is 5.73 Å². The first-order valence-corrected chi connectivity index (χ1v) is 6.28. The fourth-order valence-electron chi connectivity index (χ4n) is 1.88. The minimum absolute atomic E-state index is 0.100. The summed E-state index contributed by atoms with van der Waals surface area (Å²) < 4.78 is 5.51. The molecule has 1 saturated heterocycles. The highest BCUT2D eigenvalue weighted by Gasteiger charge is 2.20. The number of ether oxygens (including phenoxy) is 1. The third kappa shape index (κ3) is 3.30. The van der Waals surface area contributed by atoms with Crippen LogP contribution in [-0.2, 0) is 11.3 Å². The fraction of sp³-hybridized carbons (Fsp3) is 0.545. The Kier molecular flexibility index (Phi) is 4.59. The molecule has 1 aromatic rings. The van der Waals surface area contributed by atoms with Gasteiger partial charge in [-0.3, -0.25) is 9.88 Å². The zero-order valence-corrected chi connectivity index (χ0v) is 10.9. The maximum absolute atomic E-state index is 6.09. The van der Waals surface area contributed by atoms with Crippen LogP contribution in [0.3, 0.4) is 0 Å². The molecule has 1 aromatic heterocycles. The predicted molar refractivity (Wildman–Crippen MR) is 68.3 cm³/mol. The molecule has 1 aliphatic heterocycles. The zero-order valence-electron chi connectivity index (χ0n) is 9.40. The number of aromatic nitrogens is 1. The number of pyridine rings is 1. The lowest BCUT2D eigenvalue weighted by Gasteiger charge is -2.32. The van der Waals surface area contributed by atoms with E-state index >= 15 is 0 Å². The summed E-state index contributed by atoms with van der Waals surface area (Å²) in [6, 6.07) is 0. The van der Waals surface area contributed by atoms with E-state index in [0.717, 1.165) is 18.7 Å². The van der Waals surface area contributed by atoms with Crippen LogP contribution in [0, 0.1) is 0 Å². The van der Waals surface area contributed by atoms with Crippen LogP contribution in [0.5, 0.6) is 0 Å². The van der Waals surface area contributed by atoms with Crippen molar-refractivity contribution in [3.8, 4) is 0 Å². The third-order valence-corrected chi connectivity index (χ3v) is 3.47. The standard InChI is InChI=1S/C11H15Cl2N3O/c12-10-4-15-5-11(13)9(10)7-16-1-2-17-8(3-14)6-16/h4-5,8H,1-3,6-7,14H2/t8-/m1/s1. The van der Waals surface area contributed by atoms with Gasteiger partial charge in [0, 0.05) is 44.1 Å². The smallest absolute Gasteiger partial charge is 0.0824 e. The van der Waals surface area contributed by atoms with Crippen LogP contribution in [-0.4, -0.2) is 42.2 Å². The third-order valence-electron chi connectivity index (χ3n) is 2.82. The second-order valence-electron chi connectivity index (χ2n) is 4.05. The molecule has 1 fully saturated rings. The minimum Gasteiger partial charge on any atom is -0.374 e. The molecule has 0 aromatic carbocycles. The van der Waals surface area contributed by atoms with Gasteiger partial charge in [-0.25, -0.2) is 0 Å². The Hall–Kier alpha value is -0.390. The van der Waals surface area contributed by atoms with E-state index in [1.54, 1.807) is 12.4 Å². The Morgan fingerprint density at radius 2 is 2.12 bits per heavy atom. The average Bonchev–Trinajstić information content (AvgIpc) is 2.34. The number of morpholine rings is 1. The largest absolute Gasteiger partial charge is 0.374 e. The van der Waals surface area contributed by atoms with Crippen molar-refractivity contribution in [1.29, 1.82) is 0 Å². The molecule has 17 heavy (non-hydrogen) atoms. The monoisotopic (exact) mass is 275 g/mol. The van der Waals surface area contributed by atoms with Crippen LogP contribution >= 0.6 is 23.2 Å². The molecule has 6 heteroatoms. The van der Waals surface area contributed by atoms with E-state index in [0.29, 0.717) is 29.7 Å². The van der Waals surface area contributed by atoms with Crippen LogP contribution in [0.1, 0.15) is 5.56 Å². The van der Waals surface area contributed by atoms with Crippen LogP contribution in [0.25, 0.3) is 0 Å². The van der Waals surface area contributed by atoms with Gasteiger partial charge in [-0.05, 0) is 0 Å². The summed E-state index contributed by atoms with van der Waals surface area (Å²) in [5.74, 6) is 0. The van der Waals surface area contributed by atoms with Gasteiger partial charge in [-0.1, -0.05) is 23.2 Å². The Morgan fingerprint density at radius 3 is 2.76 bits per heavy atom. The first kappa shape index (κ1) is 13.1. The van der Waals surface area contributed by atoms with E-state index in [9.17, 15) is 0 Å². The first-order chi connectivity index (χ1) is 8.20. The molecule has 0 amide bonds. The number of rotatable bonds is 3. The molecule has 2 N–H and O–H groups in total. The number of nitrogens with zero attached hydrogens (tertiary/aromatic N) is 2. The molecule has 1 atom stereocenters. The molecule has 2 heterocycles. The fourth-order valence-corrected chi connectivity index (χ4v) is 2.36. The number of hydrogen-bond acceptors (Lipinski definition) is 4. The van der Waals surface area contributed by atoms with Crippen molar-refractivity contribution in [2.75, 3.05) is 26.2 Å². The summed E-state index contributed by atoms with van der Waals surface area (Å²) in [5, 5.41) is 1.21. The summed E-state index contributed by atoms with van der Waals surface area (Å²) >= 11 is 12.2. The van der Waals surface area contributed by atoms with E-state index in [1.165, 1.54) is 0 Å². The molecule has 0 aliphatic carbocycles. The number of halogens is 2. The van der Waals surface area contributed by atoms with Crippen molar-refractivity contribution in [2.24, 2.45) is 5.73 Å². The molecule has 0 unspecified atom stereocenters. The molecule has 94 valence electrons. The first-order valence-electron chi connectivity index (χ1n) is 5.52. The molecule has 0 spiro atoms. The highest BCUT2D eigenvalue weighted by molar-refractivity contribution is 6.35. The average molecular weight is 276 g/mol. The summed E-state index contributed by atoms with van der Waals surface area (Å²) in [4.78, 5) is 6.19. The highest BCUT2D eigenvalue weighted by atomic mass is 35.5. The summed E-state index contributed by atoms with van der Waals surface area (Å²) in [5.41, 5.74) is 6.52. The quantitative estimate of drug-likeness (QED) is 0.910. The van der Waals surface area contributed by atoms with Crippen molar-refractivity contribution in [3.05, 3.63) is 28.0 Å². The van der Waals surface area contributed by atoms with Crippen molar-refractivity contribution in [3.63, 3.8) is 0 Å². The normalized spacial score (nSPS) is 21.7. The molecule has 1 aliphatic rings. The molecule has 2 rings (SSSR count). The van der Waals surface area contributed by atoms with E-state index in [1.807, 2.05) is 0 Å². The minimum atomic E-state index is 0.100. The van der Waals surface area contributed by atoms with Crippen molar-refractivity contribution in [1.82, 2.24) is 9.88 Å². The Labute approximate surface area is 111 Å². The molecule has 0 saturated carbocycles. The van der Waals surface area contributed by atoms with Gasteiger partial charge in [0.1, 0.15) is 0 Å². The molecule has 0 bridgehead atoms. The molecule has 0 radical (unpaired) electrons. The molecular formula is C11H15Cl2N3O. The summed E-state index contributed by atoms with van der Waals surface area (Å²) in [6.07, 6.45) is 3.33. The summed E-state index contributed by atoms with van der Waals surface area (Å²) in [7, 11) is 0. The topological polar surface area (TPSA) is 51.4 Å². The number of nitrogens with two attached hydrogens (primary N) is 1. The SMILES string of the molecule is NC[C@@H]1CN(Cc2c(Cl)cncc2Cl)CCO1. The van der Waals surface area contributed by atoms with Crippen LogP contribution in [0.4, 0.5) is 0 Å². The maximum Gasteiger partial charge on any atom is 0.0824 e. The Morgan fingerprint density at radius 1 is 1.41 bits per heavy atom. The van der Waals surface area contributed by atoms with Crippen molar-refractivity contribution >= 4 is 23.2 Å². The molecule has 4 nitrogen and oxygen atoms in total. The lowest BCUT2D eigenvalue weighted by molar-refractivity contribution is -0.0260. The van der Waals surface area contributed by atoms with Gasteiger partial charge >= 0.3 is 0 Å². The van der Waals surface area contributed by atoms with Gasteiger partial charge in [-0.2, -0.15) is 0 Å². The number of hydrogen-bond donors (Lipinski definition) is 1. The van der Waals surface area contributed by atoms with Gasteiger partial charge in [-0.15, -0.1) is 0 Å². The van der Waals surface area contributed by atoms with Gasteiger partial charge in [0.15, 0.2) is 0 Å². The lowest BCUT2D eigenvalue weighted by Crippen LogP contribution is -2.45. The maximum atomic E-state index is 6.09. The Bertz CT molecular complexity index is 369. The van der Waals surface area contributed by atoms with Crippen molar-refractivity contribution in [2.45, 2.75) is 12.6 Å². The second kappa shape index (κ2) is 5.98. The van der Waals surface area contributed by atoms with Gasteiger partial charge < -0.3 is 10.5 Å². The van der Waals surface area contributed by atoms with Crippen LogP contribution in [0.15, 0.2) is 12.4 Å². The highest BCUT2D eigenvalue weighted by Crippen LogP contribution is 2.25. The van der Waals surface area contributed by atoms with E-state index in [4.69, 9.17) is 33.7 Å². The second-order valence-corrected chi connectivity index (χ2v) is 4.86. The van der Waals surface area contributed by atoms with E-state index < -0.39 is 0 Å². The zero-order chi connectivity index (χ0) is 12.3. The van der Waals surface area contributed by atoms with Gasteiger partial charge in [0.25, 0.3) is 0 Å². The van der Waals surface area contributed by atoms with Gasteiger partial charge in [0.2, 0.25) is 0 Å². The van der Waals surface area contributed by atoms with Crippen LogP contribution in [0.2, 0.25) is 10.0 Å². The van der Waals surface area contributed by atoms with E-state index in [-0.39, 0.29) is 6.10 Å². The van der Waals surface area contributed by atoms with Crippen molar-refractivity contribution < 1.29 is 4.74 Å². The lowest BCUT2D eigenvalue weighted by atomic mass is 10.2. The van der Waals surface area contributed by atoms with E-state index in [2.05, 4.69) is 9.88 Å². The molecular weight excluding hydrogens is 261 g/mol.